The Morgan fingerprint density at radius 1 is 1.23 bits per heavy atom. The van der Waals surface area contributed by atoms with Crippen molar-refractivity contribution < 1.29 is 22.4 Å². The lowest BCUT2D eigenvalue weighted by atomic mass is 9.99. The highest BCUT2D eigenvalue weighted by Gasteiger charge is 2.34. The maximum Gasteiger partial charge on any atom is 0.433 e. The molecule has 3 rings (SSSR count). The zero-order chi connectivity index (χ0) is 21.9. The topological polar surface area (TPSA) is 45.2 Å². The number of nitrogens with one attached hydrogen (secondary N) is 1. The maximum atomic E-state index is 13.2. The van der Waals surface area contributed by atoms with Crippen LogP contribution in [0.3, 0.4) is 0 Å². The van der Waals surface area contributed by atoms with E-state index in [1.54, 1.807) is 0 Å². The fourth-order valence-corrected chi connectivity index (χ4v) is 3.56. The SMILES string of the molecule is CC1CCN(c2nc(C(F)(F)F)ccc2CNC(=O)Cc2ccc(F)c(Cl)c2)CC1. The molecule has 1 aromatic heterocycles. The molecule has 0 unspecified atom stereocenters. The number of hydrogen-bond acceptors (Lipinski definition) is 3. The Bertz CT molecular complexity index is 912. The number of amides is 1. The number of anilines is 1. The Morgan fingerprint density at radius 3 is 2.57 bits per heavy atom. The number of piperidine rings is 1. The second-order valence-corrected chi connectivity index (χ2v) is 7.96. The van der Waals surface area contributed by atoms with Crippen molar-refractivity contribution in [1.29, 1.82) is 0 Å². The van der Waals surface area contributed by atoms with Crippen LogP contribution in [0.25, 0.3) is 0 Å². The molecule has 1 aliphatic rings. The minimum Gasteiger partial charge on any atom is -0.356 e. The summed E-state index contributed by atoms with van der Waals surface area (Å²) in [5.74, 6) is -0.160. The largest absolute Gasteiger partial charge is 0.433 e. The molecule has 0 saturated carbocycles. The van der Waals surface area contributed by atoms with Gasteiger partial charge in [-0.3, -0.25) is 4.79 Å². The van der Waals surface area contributed by atoms with Gasteiger partial charge in [-0.05, 0) is 42.5 Å². The lowest BCUT2D eigenvalue weighted by molar-refractivity contribution is -0.141. The summed E-state index contributed by atoms with van der Waals surface area (Å²) in [7, 11) is 0. The Kier molecular flexibility index (Phi) is 6.85. The van der Waals surface area contributed by atoms with E-state index in [1.165, 1.54) is 24.3 Å². The van der Waals surface area contributed by atoms with Crippen LogP contribution in [-0.2, 0) is 23.9 Å². The van der Waals surface area contributed by atoms with Crippen molar-refractivity contribution in [3.8, 4) is 0 Å². The molecule has 1 amide bonds. The average Bonchev–Trinajstić information content (AvgIpc) is 2.69. The summed E-state index contributed by atoms with van der Waals surface area (Å²) >= 11 is 5.73. The van der Waals surface area contributed by atoms with Gasteiger partial charge in [0.25, 0.3) is 0 Å². The molecule has 2 aromatic rings. The third kappa shape index (κ3) is 5.62. The van der Waals surface area contributed by atoms with Gasteiger partial charge in [-0.15, -0.1) is 0 Å². The lowest BCUT2D eigenvalue weighted by Crippen LogP contribution is -2.35. The van der Waals surface area contributed by atoms with Crippen LogP contribution in [-0.4, -0.2) is 24.0 Å². The molecule has 0 radical (unpaired) electrons. The van der Waals surface area contributed by atoms with Crippen LogP contribution < -0.4 is 10.2 Å². The van der Waals surface area contributed by atoms with Crippen molar-refractivity contribution in [2.45, 2.75) is 38.9 Å². The van der Waals surface area contributed by atoms with Gasteiger partial charge in [0.05, 0.1) is 11.4 Å². The summed E-state index contributed by atoms with van der Waals surface area (Å²) in [6.45, 7) is 3.38. The number of pyridine rings is 1. The number of nitrogens with zero attached hydrogens (tertiary/aromatic N) is 2. The minimum atomic E-state index is -4.54. The number of carbonyl (C=O) groups is 1. The number of halogens is 5. The number of rotatable bonds is 5. The Balaban J connectivity index is 1.73. The predicted octanol–water partition coefficient (Wildman–Crippen LogP) is 4.99. The van der Waals surface area contributed by atoms with Crippen molar-refractivity contribution in [1.82, 2.24) is 10.3 Å². The second-order valence-electron chi connectivity index (χ2n) is 7.55. The van der Waals surface area contributed by atoms with Crippen molar-refractivity contribution in [2.75, 3.05) is 18.0 Å². The quantitative estimate of drug-likeness (QED) is 0.662. The Labute approximate surface area is 177 Å². The number of hydrogen-bond donors (Lipinski definition) is 1. The zero-order valence-electron chi connectivity index (χ0n) is 16.4. The summed E-state index contributed by atoms with van der Waals surface area (Å²) in [6, 6.07) is 6.30. The van der Waals surface area contributed by atoms with Gasteiger partial charge in [-0.2, -0.15) is 13.2 Å². The van der Waals surface area contributed by atoms with Crippen LogP contribution in [0.2, 0.25) is 5.02 Å². The van der Waals surface area contributed by atoms with E-state index in [1.807, 2.05) is 4.90 Å². The van der Waals surface area contributed by atoms with E-state index < -0.39 is 17.7 Å². The van der Waals surface area contributed by atoms with Crippen molar-refractivity contribution in [2.24, 2.45) is 5.92 Å². The number of alkyl halides is 3. The van der Waals surface area contributed by atoms with Crippen LogP contribution in [0.5, 0.6) is 0 Å². The van der Waals surface area contributed by atoms with Gasteiger partial charge in [0.2, 0.25) is 5.91 Å². The molecule has 0 aliphatic carbocycles. The van der Waals surface area contributed by atoms with E-state index in [0.29, 0.717) is 30.1 Å². The molecule has 4 nitrogen and oxygen atoms in total. The summed E-state index contributed by atoms with van der Waals surface area (Å²) in [4.78, 5) is 18.0. The van der Waals surface area contributed by atoms with Gasteiger partial charge >= 0.3 is 6.18 Å². The van der Waals surface area contributed by atoms with E-state index in [-0.39, 0.29) is 29.7 Å². The molecule has 9 heteroatoms. The molecule has 1 N–H and O–H groups in total. The monoisotopic (exact) mass is 443 g/mol. The molecule has 0 atom stereocenters. The highest BCUT2D eigenvalue weighted by Crippen LogP contribution is 2.32. The normalized spacial score (nSPS) is 15.3. The Hall–Kier alpha value is -2.35. The predicted molar refractivity (Wildman–Crippen MR) is 107 cm³/mol. The maximum absolute atomic E-state index is 13.2. The van der Waals surface area contributed by atoms with E-state index in [4.69, 9.17) is 11.6 Å². The fraction of sp³-hybridized carbons (Fsp3) is 0.429. The molecular formula is C21H22ClF4N3O. The molecule has 1 fully saturated rings. The van der Waals surface area contributed by atoms with Crippen LogP contribution >= 0.6 is 11.6 Å². The summed E-state index contributed by atoms with van der Waals surface area (Å²) in [6.07, 6.45) is -2.82. The molecule has 2 heterocycles. The lowest BCUT2D eigenvalue weighted by Gasteiger charge is -2.33. The molecule has 1 aromatic carbocycles. The van der Waals surface area contributed by atoms with Crippen molar-refractivity contribution in [3.05, 3.63) is 58.0 Å². The van der Waals surface area contributed by atoms with E-state index in [9.17, 15) is 22.4 Å². The average molecular weight is 444 g/mol. The van der Waals surface area contributed by atoms with Gasteiger partial charge < -0.3 is 10.2 Å². The molecule has 162 valence electrons. The van der Waals surface area contributed by atoms with Gasteiger partial charge in [0.1, 0.15) is 17.3 Å². The first-order valence-corrected chi connectivity index (χ1v) is 10.0. The van der Waals surface area contributed by atoms with Crippen molar-refractivity contribution in [3.63, 3.8) is 0 Å². The standard InChI is InChI=1S/C21H22ClF4N3O/c1-13-6-8-29(9-7-13)20-15(3-5-18(28-20)21(24,25)26)12-27-19(30)11-14-2-4-17(23)16(22)10-14/h2-5,10,13H,6-9,11-12H2,1H3,(H,27,30). The highest BCUT2D eigenvalue weighted by atomic mass is 35.5. The first-order chi connectivity index (χ1) is 14.1. The highest BCUT2D eigenvalue weighted by molar-refractivity contribution is 6.30. The minimum absolute atomic E-state index is 0.0232. The summed E-state index contributed by atoms with van der Waals surface area (Å²) < 4.78 is 52.7. The fourth-order valence-electron chi connectivity index (χ4n) is 3.36. The van der Waals surface area contributed by atoms with E-state index in [2.05, 4.69) is 17.2 Å². The molecule has 0 spiro atoms. The van der Waals surface area contributed by atoms with Crippen LogP contribution in [0.15, 0.2) is 30.3 Å². The van der Waals surface area contributed by atoms with Crippen molar-refractivity contribution >= 4 is 23.3 Å². The van der Waals surface area contributed by atoms with Gasteiger partial charge in [-0.25, -0.2) is 9.37 Å². The third-order valence-electron chi connectivity index (χ3n) is 5.15. The number of benzene rings is 1. The smallest absolute Gasteiger partial charge is 0.356 e. The first-order valence-electron chi connectivity index (χ1n) is 9.66. The number of carbonyl (C=O) groups excluding carboxylic acids is 1. The van der Waals surface area contributed by atoms with Crippen LogP contribution in [0.4, 0.5) is 23.4 Å². The summed E-state index contributed by atoms with van der Waals surface area (Å²) in [5.41, 5.74) is 0.102. The number of aromatic nitrogens is 1. The molecule has 1 aliphatic heterocycles. The summed E-state index contributed by atoms with van der Waals surface area (Å²) in [5, 5.41) is 2.63. The van der Waals surface area contributed by atoms with Crippen LogP contribution in [0, 0.1) is 11.7 Å². The zero-order valence-corrected chi connectivity index (χ0v) is 17.2. The van der Waals surface area contributed by atoms with Crippen LogP contribution in [0.1, 0.15) is 36.6 Å². The molecular weight excluding hydrogens is 422 g/mol. The van der Waals surface area contributed by atoms with E-state index >= 15 is 0 Å². The molecule has 30 heavy (non-hydrogen) atoms. The van der Waals surface area contributed by atoms with E-state index in [0.717, 1.165) is 18.9 Å². The first kappa shape index (κ1) is 22.3. The van der Waals surface area contributed by atoms with Gasteiger partial charge in [0.15, 0.2) is 0 Å². The van der Waals surface area contributed by atoms with Gasteiger partial charge in [0, 0.05) is 25.2 Å². The third-order valence-corrected chi connectivity index (χ3v) is 5.44. The molecule has 0 bridgehead atoms. The Morgan fingerprint density at radius 2 is 1.93 bits per heavy atom. The molecule has 1 saturated heterocycles. The van der Waals surface area contributed by atoms with Gasteiger partial charge in [-0.1, -0.05) is 30.7 Å². The second kappa shape index (κ2) is 9.20.